The van der Waals surface area contributed by atoms with Crippen LogP contribution in [0.1, 0.15) is 0 Å². The van der Waals surface area contributed by atoms with Crippen LogP contribution in [0.2, 0.25) is 0 Å². The molecule has 0 unspecified atom stereocenters. The van der Waals surface area contributed by atoms with Crippen molar-refractivity contribution in [3.63, 3.8) is 0 Å². The van der Waals surface area contributed by atoms with Crippen molar-refractivity contribution in [3.8, 4) is 0 Å². The summed E-state index contributed by atoms with van der Waals surface area (Å²) in [4.78, 5) is 0. The minimum absolute atomic E-state index is 0. The maximum atomic E-state index is 8.00. The van der Waals surface area contributed by atoms with Gasteiger partial charge in [-0.3, -0.25) is 0 Å². The number of hydrogen-bond acceptors (Lipinski definition) is 1. The SMILES string of the molecule is [Co].[O]=[Fe].[Sm].[SrH2]. The van der Waals surface area contributed by atoms with Crippen molar-refractivity contribution in [1.29, 1.82) is 0 Å². The van der Waals surface area contributed by atoms with Crippen molar-refractivity contribution in [2.24, 2.45) is 0 Å². The van der Waals surface area contributed by atoms with Gasteiger partial charge >= 0.3 is 65.3 Å². The molecular formula is H2CoFeOSmSr. The monoisotopic (exact) mass is 373 g/mol. The van der Waals surface area contributed by atoms with E-state index in [0.29, 0.717) is 0 Å². The molecule has 0 aliphatic heterocycles. The summed E-state index contributed by atoms with van der Waals surface area (Å²) in [6, 6.07) is 0. The first-order valence-electron chi connectivity index (χ1n) is 0.144. The Bertz CT molecular complexity index is 11.6. The van der Waals surface area contributed by atoms with Crippen molar-refractivity contribution in [3.05, 3.63) is 0 Å². The van der Waals surface area contributed by atoms with Crippen LogP contribution in [-0.4, -0.2) is 45.5 Å². The Morgan fingerprint density at radius 2 is 1.20 bits per heavy atom. The zero-order chi connectivity index (χ0) is 2.00. The van der Waals surface area contributed by atoms with Crippen molar-refractivity contribution in [2.45, 2.75) is 0 Å². The molecule has 0 fully saturated rings. The molecule has 1 nitrogen and oxygen atoms in total. The fraction of sp³-hybridized carbons (Fsp3) is 0. The van der Waals surface area contributed by atoms with Crippen LogP contribution < -0.4 is 0 Å². The van der Waals surface area contributed by atoms with Crippen LogP contribution in [0.25, 0.3) is 0 Å². The van der Waals surface area contributed by atoms with Gasteiger partial charge in [-0.15, -0.1) is 0 Å². The van der Waals surface area contributed by atoms with E-state index < -0.39 is 0 Å². The second-order valence-electron chi connectivity index (χ2n) is 0. The standard InChI is InChI=1S/Co.Fe.O.Sm.Sr.2H. The van der Waals surface area contributed by atoms with E-state index in [2.05, 4.69) is 0 Å². The molecule has 0 spiro atoms. The van der Waals surface area contributed by atoms with Gasteiger partial charge in [-0.25, -0.2) is 0 Å². The molecule has 0 amide bonds. The molecule has 0 saturated carbocycles. The summed E-state index contributed by atoms with van der Waals surface area (Å²) in [7, 11) is 0. The molecule has 5 heavy (non-hydrogen) atoms. The molecule has 0 aromatic rings. The summed E-state index contributed by atoms with van der Waals surface area (Å²) in [6.07, 6.45) is 0. The molecule has 33 valence electrons. The van der Waals surface area contributed by atoms with Gasteiger partial charge in [0.25, 0.3) is 0 Å². The molecule has 0 bridgehead atoms. The van der Waals surface area contributed by atoms with Gasteiger partial charge in [0.15, 0.2) is 0 Å². The first-order chi connectivity index (χ1) is 1.00. The molecule has 0 N–H and O–H groups in total. The van der Waals surface area contributed by atoms with E-state index in [1.807, 2.05) is 15.9 Å². The molecule has 1 radical (unpaired) electrons. The van der Waals surface area contributed by atoms with Crippen LogP contribution in [0.15, 0.2) is 0 Å². The number of rotatable bonds is 0. The molecule has 0 aliphatic rings. The summed E-state index contributed by atoms with van der Waals surface area (Å²) in [5.41, 5.74) is 0. The molecule has 0 rings (SSSR count). The van der Waals surface area contributed by atoms with Gasteiger partial charge in [-0.1, -0.05) is 0 Å². The third kappa shape index (κ3) is 18.3. The van der Waals surface area contributed by atoms with Gasteiger partial charge < -0.3 is 0 Å². The molecule has 0 heterocycles. The van der Waals surface area contributed by atoms with E-state index in [0.717, 1.165) is 0 Å². The van der Waals surface area contributed by atoms with Gasteiger partial charge in [0.05, 0.1) is 0 Å². The van der Waals surface area contributed by atoms with Crippen LogP contribution in [-0.2, 0) is 36.6 Å². The van der Waals surface area contributed by atoms with Crippen molar-refractivity contribution in [1.82, 2.24) is 0 Å². The van der Waals surface area contributed by atoms with Gasteiger partial charge in [0.1, 0.15) is 0 Å². The second-order valence-corrected chi connectivity index (χ2v) is 0. The normalized spacial score (nSPS) is 1.00. The van der Waals surface area contributed by atoms with E-state index in [1.54, 1.807) is 0 Å². The third-order valence-electron chi connectivity index (χ3n) is 0. The summed E-state index contributed by atoms with van der Waals surface area (Å²) < 4.78 is 8.00. The van der Waals surface area contributed by atoms with Crippen molar-refractivity contribution in [2.75, 3.05) is 0 Å². The Labute approximate surface area is 119 Å². The average molecular weight is 371 g/mol. The minimum atomic E-state index is 0. The van der Waals surface area contributed by atoms with E-state index in [4.69, 9.17) is 3.83 Å². The Kier molecular flexibility index (Phi) is 119. The van der Waals surface area contributed by atoms with Crippen LogP contribution in [0, 0.1) is 40.4 Å². The number of hydrogen-bond donors (Lipinski definition) is 0. The predicted octanol–water partition coefficient (Wildman–Crippen LogP) is -1.04. The molecule has 0 atom stereocenters. The fourth-order valence-electron chi connectivity index (χ4n) is 0. The van der Waals surface area contributed by atoms with Crippen molar-refractivity contribution >= 4 is 45.5 Å². The first-order valence-corrected chi connectivity index (χ1v) is 0.595. The van der Waals surface area contributed by atoms with E-state index in [1.165, 1.54) is 0 Å². The van der Waals surface area contributed by atoms with Crippen molar-refractivity contribution < 1.29 is 76.9 Å². The maximum absolute atomic E-state index is 8.00. The average Bonchev–Trinajstić information content (AvgIpc) is 1.00. The van der Waals surface area contributed by atoms with Crippen LogP contribution in [0.5, 0.6) is 0 Å². The summed E-state index contributed by atoms with van der Waals surface area (Å²) >= 11 is 2.00. The van der Waals surface area contributed by atoms with E-state index in [9.17, 15) is 0 Å². The van der Waals surface area contributed by atoms with Crippen LogP contribution in [0.3, 0.4) is 0 Å². The Balaban J connectivity index is -0.00000000167. The summed E-state index contributed by atoms with van der Waals surface area (Å²) in [5, 5.41) is 0. The van der Waals surface area contributed by atoms with Gasteiger partial charge in [0, 0.05) is 57.2 Å². The molecule has 0 saturated heterocycles. The predicted molar refractivity (Wildman–Crippen MR) is 9.23 cm³/mol. The van der Waals surface area contributed by atoms with E-state index in [-0.39, 0.29) is 103 Å². The van der Waals surface area contributed by atoms with Gasteiger partial charge in [-0.2, -0.15) is 0 Å². The third-order valence-corrected chi connectivity index (χ3v) is 0. The fourth-order valence-corrected chi connectivity index (χ4v) is 0. The van der Waals surface area contributed by atoms with Crippen LogP contribution in [0.4, 0.5) is 0 Å². The summed E-state index contributed by atoms with van der Waals surface area (Å²) in [6.45, 7) is 0. The Morgan fingerprint density at radius 3 is 1.20 bits per heavy atom. The molecule has 0 aromatic heterocycles. The zero-order valence-corrected chi connectivity index (χ0v) is 6.27. The Hall–Kier alpha value is 3.64. The zero-order valence-electron chi connectivity index (χ0n) is 1.50. The van der Waals surface area contributed by atoms with Gasteiger partial charge in [0.2, 0.25) is 0 Å². The summed E-state index contributed by atoms with van der Waals surface area (Å²) in [5.74, 6) is 0. The van der Waals surface area contributed by atoms with Gasteiger partial charge in [-0.05, 0) is 0 Å². The topological polar surface area (TPSA) is 17.1 Å². The van der Waals surface area contributed by atoms with E-state index >= 15 is 0 Å². The second kappa shape index (κ2) is 25.4. The molecule has 0 aliphatic carbocycles. The molecular weight excluding hydrogens is 369 g/mol. The Morgan fingerprint density at radius 1 is 1.20 bits per heavy atom. The quantitative estimate of drug-likeness (QED) is 0.498. The molecule has 0 aromatic carbocycles. The van der Waals surface area contributed by atoms with Crippen LogP contribution >= 0.6 is 0 Å². The molecule has 5 heteroatoms. The first kappa shape index (κ1) is 23.4.